The third kappa shape index (κ3) is 3.77. The standard InChI is InChI=1S/C11H18N2O3/c1-9-6-10(7-12-11(9)8-14)16-5-4-13(2)15-3/h6-7,14H,4-5,8H2,1-3H3. The highest BCUT2D eigenvalue weighted by atomic mass is 16.7. The van der Waals surface area contributed by atoms with Crippen LogP contribution >= 0.6 is 0 Å². The predicted octanol–water partition coefficient (Wildman–Crippen LogP) is 0.754. The van der Waals surface area contributed by atoms with Crippen LogP contribution in [0.15, 0.2) is 12.3 Å². The summed E-state index contributed by atoms with van der Waals surface area (Å²) < 4.78 is 5.49. The first-order valence-electron chi connectivity index (χ1n) is 5.11. The predicted molar refractivity (Wildman–Crippen MR) is 60.0 cm³/mol. The molecule has 5 nitrogen and oxygen atoms in total. The van der Waals surface area contributed by atoms with E-state index in [4.69, 9.17) is 14.7 Å². The molecule has 0 atom stereocenters. The Morgan fingerprint density at radius 2 is 2.25 bits per heavy atom. The lowest BCUT2D eigenvalue weighted by Crippen LogP contribution is -2.23. The molecule has 0 bridgehead atoms. The summed E-state index contributed by atoms with van der Waals surface area (Å²) in [7, 11) is 3.45. The van der Waals surface area contributed by atoms with Crippen LogP contribution in [0, 0.1) is 6.92 Å². The molecular formula is C11H18N2O3. The van der Waals surface area contributed by atoms with Crippen molar-refractivity contribution in [1.82, 2.24) is 10.0 Å². The van der Waals surface area contributed by atoms with E-state index >= 15 is 0 Å². The lowest BCUT2D eigenvalue weighted by atomic mass is 10.2. The fraction of sp³-hybridized carbons (Fsp3) is 0.545. The largest absolute Gasteiger partial charge is 0.491 e. The molecule has 0 spiro atoms. The average molecular weight is 226 g/mol. The van der Waals surface area contributed by atoms with Crippen LogP contribution in [0.25, 0.3) is 0 Å². The van der Waals surface area contributed by atoms with Gasteiger partial charge in [0.05, 0.1) is 32.2 Å². The molecule has 0 aliphatic carbocycles. The minimum atomic E-state index is -0.0431. The number of hydroxylamine groups is 2. The Morgan fingerprint density at radius 3 is 2.81 bits per heavy atom. The van der Waals surface area contributed by atoms with Crippen LogP contribution in [0.3, 0.4) is 0 Å². The van der Waals surface area contributed by atoms with Crippen LogP contribution in [0.4, 0.5) is 0 Å². The van der Waals surface area contributed by atoms with Crippen LogP contribution in [-0.4, -0.2) is 42.5 Å². The van der Waals surface area contributed by atoms with Gasteiger partial charge in [-0.15, -0.1) is 0 Å². The number of likely N-dealkylation sites (N-methyl/N-ethyl adjacent to an activating group) is 1. The van der Waals surface area contributed by atoms with E-state index in [1.807, 2.05) is 20.0 Å². The van der Waals surface area contributed by atoms with Gasteiger partial charge >= 0.3 is 0 Å². The number of rotatable bonds is 6. The van der Waals surface area contributed by atoms with E-state index in [0.29, 0.717) is 24.6 Å². The van der Waals surface area contributed by atoms with Crippen molar-refractivity contribution >= 4 is 0 Å². The fourth-order valence-corrected chi connectivity index (χ4v) is 1.21. The van der Waals surface area contributed by atoms with E-state index in [1.165, 1.54) is 0 Å². The number of aryl methyl sites for hydroxylation is 1. The van der Waals surface area contributed by atoms with Crippen molar-refractivity contribution in [2.24, 2.45) is 0 Å². The van der Waals surface area contributed by atoms with E-state index in [2.05, 4.69) is 4.98 Å². The van der Waals surface area contributed by atoms with E-state index in [9.17, 15) is 0 Å². The summed E-state index contributed by atoms with van der Waals surface area (Å²) in [5.41, 5.74) is 1.61. The van der Waals surface area contributed by atoms with Gasteiger partial charge in [0.2, 0.25) is 0 Å². The topological polar surface area (TPSA) is 54.8 Å². The third-order valence-corrected chi connectivity index (χ3v) is 2.30. The maximum Gasteiger partial charge on any atom is 0.137 e. The average Bonchev–Trinajstić information content (AvgIpc) is 2.29. The molecule has 16 heavy (non-hydrogen) atoms. The summed E-state index contributed by atoms with van der Waals surface area (Å²) in [6.45, 7) is 3.06. The lowest BCUT2D eigenvalue weighted by molar-refractivity contribution is -0.113. The first-order chi connectivity index (χ1) is 7.67. The summed E-state index contributed by atoms with van der Waals surface area (Å²) in [4.78, 5) is 9.05. The van der Waals surface area contributed by atoms with Gasteiger partial charge in [-0.25, -0.2) is 0 Å². The Kier molecular flexibility index (Phi) is 5.18. The molecule has 1 aromatic rings. The van der Waals surface area contributed by atoms with Crippen LogP contribution in [0.5, 0.6) is 5.75 Å². The summed E-state index contributed by atoms with van der Waals surface area (Å²) in [6, 6.07) is 1.87. The molecule has 1 aromatic heterocycles. The zero-order valence-electron chi connectivity index (χ0n) is 9.93. The fourth-order valence-electron chi connectivity index (χ4n) is 1.21. The Labute approximate surface area is 95.6 Å². The zero-order chi connectivity index (χ0) is 12.0. The molecule has 0 amide bonds. The highest BCUT2D eigenvalue weighted by molar-refractivity contribution is 5.27. The van der Waals surface area contributed by atoms with Gasteiger partial charge < -0.3 is 14.7 Å². The first kappa shape index (κ1) is 12.9. The van der Waals surface area contributed by atoms with Crippen molar-refractivity contribution in [2.75, 3.05) is 27.3 Å². The molecule has 90 valence electrons. The molecule has 1 rings (SSSR count). The van der Waals surface area contributed by atoms with Crippen molar-refractivity contribution in [3.63, 3.8) is 0 Å². The number of nitrogens with zero attached hydrogens (tertiary/aromatic N) is 2. The van der Waals surface area contributed by atoms with Crippen LogP contribution in [0.2, 0.25) is 0 Å². The molecule has 5 heteroatoms. The van der Waals surface area contributed by atoms with E-state index in [0.717, 1.165) is 5.56 Å². The molecule has 0 fully saturated rings. The summed E-state index contributed by atoms with van der Waals surface area (Å²) in [5.74, 6) is 0.708. The van der Waals surface area contributed by atoms with Crippen LogP contribution < -0.4 is 4.74 Å². The second kappa shape index (κ2) is 6.42. The van der Waals surface area contributed by atoms with Crippen molar-refractivity contribution in [2.45, 2.75) is 13.5 Å². The van der Waals surface area contributed by atoms with Gasteiger partial charge in [-0.05, 0) is 18.6 Å². The SMILES string of the molecule is CON(C)CCOc1cnc(CO)c(C)c1. The number of ether oxygens (including phenoxy) is 1. The van der Waals surface area contributed by atoms with Gasteiger partial charge in [0.15, 0.2) is 0 Å². The lowest BCUT2D eigenvalue weighted by Gasteiger charge is -2.14. The van der Waals surface area contributed by atoms with Crippen molar-refractivity contribution in [3.05, 3.63) is 23.5 Å². The van der Waals surface area contributed by atoms with Crippen molar-refractivity contribution < 1.29 is 14.7 Å². The molecule has 0 saturated carbocycles. The number of aliphatic hydroxyl groups excluding tert-OH is 1. The molecule has 0 radical (unpaired) electrons. The third-order valence-electron chi connectivity index (χ3n) is 2.30. The molecule has 1 N–H and O–H groups in total. The minimum Gasteiger partial charge on any atom is -0.491 e. The Morgan fingerprint density at radius 1 is 1.50 bits per heavy atom. The van der Waals surface area contributed by atoms with Gasteiger partial charge in [0, 0.05) is 7.05 Å². The van der Waals surface area contributed by atoms with Gasteiger partial charge in [0.1, 0.15) is 12.4 Å². The second-order valence-corrected chi connectivity index (χ2v) is 3.48. The quantitative estimate of drug-likeness (QED) is 0.726. The number of pyridine rings is 1. The van der Waals surface area contributed by atoms with Crippen LogP contribution in [0.1, 0.15) is 11.3 Å². The second-order valence-electron chi connectivity index (χ2n) is 3.48. The smallest absolute Gasteiger partial charge is 0.137 e. The monoisotopic (exact) mass is 226 g/mol. The molecule has 0 unspecified atom stereocenters. The van der Waals surface area contributed by atoms with E-state index in [-0.39, 0.29) is 6.61 Å². The van der Waals surface area contributed by atoms with E-state index in [1.54, 1.807) is 18.4 Å². The van der Waals surface area contributed by atoms with Gasteiger partial charge in [-0.1, -0.05) is 0 Å². The van der Waals surface area contributed by atoms with E-state index < -0.39 is 0 Å². The van der Waals surface area contributed by atoms with Gasteiger partial charge in [-0.3, -0.25) is 4.98 Å². The molecular weight excluding hydrogens is 208 g/mol. The number of aromatic nitrogens is 1. The van der Waals surface area contributed by atoms with Crippen LogP contribution in [-0.2, 0) is 11.4 Å². The number of aliphatic hydroxyl groups is 1. The molecule has 1 heterocycles. The maximum absolute atomic E-state index is 8.96. The first-order valence-corrected chi connectivity index (χ1v) is 5.11. The number of hydrogen-bond acceptors (Lipinski definition) is 5. The maximum atomic E-state index is 8.96. The minimum absolute atomic E-state index is 0.0431. The Bertz CT molecular complexity index is 331. The highest BCUT2D eigenvalue weighted by Crippen LogP contribution is 2.14. The van der Waals surface area contributed by atoms with Gasteiger partial charge in [0.25, 0.3) is 0 Å². The Hall–Kier alpha value is -1.17. The van der Waals surface area contributed by atoms with Crippen molar-refractivity contribution in [1.29, 1.82) is 0 Å². The molecule has 0 aromatic carbocycles. The zero-order valence-corrected chi connectivity index (χ0v) is 9.93. The highest BCUT2D eigenvalue weighted by Gasteiger charge is 2.02. The van der Waals surface area contributed by atoms with Crippen molar-refractivity contribution in [3.8, 4) is 5.75 Å². The van der Waals surface area contributed by atoms with Gasteiger partial charge in [-0.2, -0.15) is 5.06 Å². The summed E-state index contributed by atoms with van der Waals surface area (Å²) in [6.07, 6.45) is 1.62. The summed E-state index contributed by atoms with van der Waals surface area (Å²) in [5, 5.41) is 10.6. The molecule has 0 aliphatic rings. The summed E-state index contributed by atoms with van der Waals surface area (Å²) >= 11 is 0. The normalized spacial score (nSPS) is 10.8. The Balaban J connectivity index is 2.46. The molecule has 0 saturated heterocycles. The molecule has 0 aliphatic heterocycles. The number of hydrogen-bond donors (Lipinski definition) is 1.